The van der Waals surface area contributed by atoms with E-state index in [0.717, 1.165) is 23.9 Å². The lowest BCUT2D eigenvalue weighted by Gasteiger charge is -2.23. The SMILES string of the molecule is O=C(c1nc(Cl)cc(Cl)n1)N(CCO)c1cc2cccnc2n1C1CC1. The molecule has 1 saturated carbocycles. The highest BCUT2D eigenvalue weighted by atomic mass is 35.5. The number of hydrogen-bond acceptors (Lipinski definition) is 5. The van der Waals surface area contributed by atoms with Gasteiger partial charge in [-0.1, -0.05) is 23.2 Å². The van der Waals surface area contributed by atoms with Crippen LogP contribution in [0.2, 0.25) is 10.3 Å². The number of amides is 1. The van der Waals surface area contributed by atoms with Gasteiger partial charge in [0.05, 0.1) is 13.2 Å². The fraction of sp³-hybridized carbons (Fsp3) is 0.294. The molecule has 0 saturated heterocycles. The van der Waals surface area contributed by atoms with Crippen LogP contribution in [0.4, 0.5) is 5.82 Å². The summed E-state index contributed by atoms with van der Waals surface area (Å²) in [5.74, 6) is 0.0598. The maximum atomic E-state index is 13.1. The van der Waals surface area contributed by atoms with Gasteiger partial charge in [0.1, 0.15) is 21.8 Å². The Kier molecular flexibility index (Phi) is 4.52. The number of halogens is 2. The van der Waals surface area contributed by atoms with Crippen LogP contribution in [0.15, 0.2) is 30.5 Å². The Morgan fingerprint density at radius 2 is 2.00 bits per heavy atom. The molecule has 0 radical (unpaired) electrons. The van der Waals surface area contributed by atoms with E-state index in [1.807, 2.05) is 22.8 Å². The summed E-state index contributed by atoms with van der Waals surface area (Å²) in [6.45, 7) is -0.116. The largest absolute Gasteiger partial charge is 0.395 e. The fourth-order valence-corrected chi connectivity index (χ4v) is 3.39. The minimum atomic E-state index is -0.479. The molecule has 134 valence electrons. The monoisotopic (exact) mass is 391 g/mol. The molecule has 0 atom stereocenters. The maximum absolute atomic E-state index is 13.1. The highest BCUT2D eigenvalue weighted by molar-refractivity contribution is 6.33. The molecule has 9 heteroatoms. The highest BCUT2D eigenvalue weighted by Crippen LogP contribution is 2.42. The standard InChI is InChI=1S/C17H15Cl2N5O2/c18-12-9-13(19)22-15(21-12)17(26)23(6-7-25)14-8-10-2-1-5-20-16(10)24(14)11-3-4-11/h1-2,5,8-9,11,25H,3-4,6-7H2. The first kappa shape index (κ1) is 17.2. The van der Waals surface area contributed by atoms with Gasteiger partial charge in [-0.2, -0.15) is 0 Å². The van der Waals surface area contributed by atoms with Crippen LogP contribution in [0, 0.1) is 0 Å². The molecular weight excluding hydrogens is 377 g/mol. The number of carbonyl (C=O) groups excluding carboxylic acids is 1. The molecule has 0 aliphatic heterocycles. The van der Waals surface area contributed by atoms with E-state index in [0.29, 0.717) is 5.82 Å². The lowest BCUT2D eigenvalue weighted by Crippen LogP contribution is -2.36. The van der Waals surface area contributed by atoms with Crippen molar-refractivity contribution < 1.29 is 9.90 Å². The van der Waals surface area contributed by atoms with Crippen LogP contribution in [-0.4, -0.2) is 43.7 Å². The van der Waals surface area contributed by atoms with Crippen molar-refractivity contribution in [1.82, 2.24) is 19.5 Å². The van der Waals surface area contributed by atoms with Gasteiger partial charge >= 0.3 is 0 Å². The minimum Gasteiger partial charge on any atom is -0.395 e. The molecule has 0 spiro atoms. The van der Waals surface area contributed by atoms with Crippen LogP contribution in [0.1, 0.15) is 29.5 Å². The Bertz CT molecular complexity index is 966. The van der Waals surface area contributed by atoms with Gasteiger partial charge in [-0.15, -0.1) is 0 Å². The number of carbonyl (C=O) groups is 1. The summed E-state index contributed by atoms with van der Waals surface area (Å²) in [4.78, 5) is 26.9. The maximum Gasteiger partial charge on any atom is 0.297 e. The Balaban J connectivity index is 1.83. The predicted molar refractivity (Wildman–Crippen MR) is 98.8 cm³/mol. The van der Waals surface area contributed by atoms with E-state index in [4.69, 9.17) is 23.2 Å². The molecule has 4 rings (SSSR count). The normalized spacial score (nSPS) is 14.0. The Morgan fingerprint density at radius 1 is 1.27 bits per heavy atom. The first-order chi connectivity index (χ1) is 12.6. The molecule has 3 aromatic rings. The topological polar surface area (TPSA) is 84.1 Å². The van der Waals surface area contributed by atoms with Gasteiger partial charge in [0.25, 0.3) is 5.91 Å². The molecule has 26 heavy (non-hydrogen) atoms. The summed E-state index contributed by atoms with van der Waals surface area (Å²) in [6.07, 6.45) is 3.77. The molecule has 1 amide bonds. The lowest BCUT2D eigenvalue weighted by atomic mass is 10.3. The number of nitrogens with zero attached hydrogens (tertiary/aromatic N) is 5. The number of aliphatic hydroxyl groups is 1. The molecular formula is C17H15Cl2N5O2. The van der Waals surface area contributed by atoms with Crippen molar-refractivity contribution in [2.75, 3.05) is 18.1 Å². The Labute approximate surface area is 159 Å². The summed E-state index contributed by atoms with van der Waals surface area (Å²) >= 11 is 11.8. The minimum absolute atomic E-state index is 0.0849. The zero-order chi connectivity index (χ0) is 18.3. The molecule has 1 aliphatic carbocycles. The van der Waals surface area contributed by atoms with E-state index in [2.05, 4.69) is 15.0 Å². The van der Waals surface area contributed by atoms with Gasteiger partial charge in [0, 0.05) is 23.7 Å². The average molecular weight is 392 g/mol. The van der Waals surface area contributed by atoms with Crippen LogP contribution in [-0.2, 0) is 0 Å². The number of pyridine rings is 1. The predicted octanol–water partition coefficient (Wildman–Crippen LogP) is 3.11. The fourth-order valence-electron chi connectivity index (χ4n) is 2.97. The number of hydrogen-bond donors (Lipinski definition) is 1. The quantitative estimate of drug-likeness (QED) is 0.675. The number of fused-ring (bicyclic) bond motifs is 1. The van der Waals surface area contributed by atoms with Crippen molar-refractivity contribution in [3.8, 4) is 0 Å². The van der Waals surface area contributed by atoms with Gasteiger partial charge in [0.2, 0.25) is 5.82 Å². The first-order valence-electron chi connectivity index (χ1n) is 8.17. The van der Waals surface area contributed by atoms with Crippen LogP contribution in [0.3, 0.4) is 0 Å². The van der Waals surface area contributed by atoms with Crippen molar-refractivity contribution >= 4 is 46.0 Å². The second-order valence-electron chi connectivity index (χ2n) is 6.04. The van der Waals surface area contributed by atoms with E-state index in [1.165, 1.54) is 11.0 Å². The lowest BCUT2D eigenvalue weighted by molar-refractivity contribution is 0.0969. The highest BCUT2D eigenvalue weighted by Gasteiger charge is 2.32. The summed E-state index contributed by atoms with van der Waals surface area (Å²) < 4.78 is 2.04. The molecule has 1 fully saturated rings. The molecule has 3 aromatic heterocycles. The average Bonchev–Trinajstić information content (AvgIpc) is 3.38. The third-order valence-corrected chi connectivity index (χ3v) is 4.58. The van der Waals surface area contributed by atoms with Gasteiger partial charge in [-0.3, -0.25) is 9.69 Å². The first-order valence-corrected chi connectivity index (χ1v) is 8.93. The second kappa shape index (κ2) is 6.83. The third-order valence-electron chi connectivity index (χ3n) is 4.19. The van der Waals surface area contributed by atoms with Crippen molar-refractivity contribution in [2.45, 2.75) is 18.9 Å². The van der Waals surface area contributed by atoms with Crippen molar-refractivity contribution in [2.24, 2.45) is 0 Å². The Morgan fingerprint density at radius 3 is 2.65 bits per heavy atom. The molecule has 0 unspecified atom stereocenters. The molecule has 1 N–H and O–H groups in total. The van der Waals surface area contributed by atoms with E-state index in [1.54, 1.807) is 6.20 Å². The molecule has 0 aromatic carbocycles. The molecule has 1 aliphatic rings. The van der Waals surface area contributed by atoms with Crippen molar-refractivity contribution in [3.63, 3.8) is 0 Å². The van der Waals surface area contributed by atoms with Gasteiger partial charge in [-0.05, 0) is 31.0 Å². The van der Waals surface area contributed by atoms with Gasteiger partial charge in [-0.25, -0.2) is 15.0 Å². The molecule has 0 bridgehead atoms. The van der Waals surface area contributed by atoms with Crippen LogP contribution < -0.4 is 4.90 Å². The number of aromatic nitrogens is 4. The summed E-state index contributed by atoms with van der Waals surface area (Å²) in [6, 6.07) is 7.33. The number of rotatable bonds is 5. The third kappa shape index (κ3) is 3.13. The van der Waals surface area contributed by atoms with Crippen LogP contribution in [0.25, 0.3) is 11.0 Å². The molecule has 7 nitrogen and oxygen atoms in total. The smallest absolute Gasteiger partial charge is 0.297 e. The van der Waals surface area contributed by atoms with E-state index >= 15 is 0 Å². The zero-order valence-corrected chi connectivity index (χ0v) is 15.2. The van der Waals surface area contributed by atoms with Crippen molar-refractivity contribution in [3.05, 3.63) is 46.6 Å². The van der Waals surface area contributed by atoms with Gasteiger partial charge < -0.3 is 9.67 Å². The Hall–Kier alpha value is -2.22. The van der Waals surface area contributed by atoms with Crippen LogP contribution >= 0.6 is 23.2 Å². The van der Waals surface area contributed by atoms with E-state index < -0.39 is 5.91 Å². The van der Waals surface area contributed by atoms with Gasteiger partial charge in [0.15, 0.2) is 0 Å². The number of anilines is 1. The number of aliphatic hydroxyl groups excluding tert-OH is 1. The van der Waals surface area contributed by atoms with E-state index in [-0.39, 0.29) is 35.3 Å². The van der Waals surface area contributed by atoms with Crippen molar-refractivity contribution in [1.29, 1.82) is 0 Å². The second-order valence-corrected chi connectivity index (χ2v) is 6.81. The summed E-state index contributed by atoms with van der Waals surface area (Å²) in [7, 11) is 0. The van der Waals surface area contributed by atoms with E-state index in [9.17, 15) is 9.90 Å². The molecule has 3 heterocycles. The summed E-state index contributed by atoms with van der Waals surface area (Å²) in [5.41, 5.74) is 0.811. The van der Waals surface area contributed by atoms with Crippen LogP contribution in [0.5, 0.6) is 0 Å². The summed E-state index contributed by atoms with van der Waals surface area (Å²) in [5, 5.41) is 10.6. The zero-order valence-electron chi connectivity index (χ0n) is 13.6.